The molecule has 0 amide bonds. The van der Waals surface area contributed by atoms with Crippen molar-refractivity contribution >= 4 is 5.82 Å². The average Bonchev–Trinajstić information content (AvgIpc) is 2.79. The Morgan fingerprint density at radius 2 is 2.14 bits per heavy atom. The van der Waals surface area contributed by atoms with E-state index in [-0.39, 0.29) is 11.5 Å². The standard InChI is InChI=1S/C17H27N3O/c1-5-8-19-14-10-18-11-15(20-14)21-13-9-12-6-7-17(13,4)16(12,2)3/h10-13H,5-9H2,1-4H3,(H,19,20). The van der Waals surface area contributed by atoms with Gasteiger partial charge in [-0.05, 0) is 37.0 Å². The molecule has 4 nitrogen and oxygen atoms in total. The number of hydrogen-bond acceptors (Lipinski definition) is 4. The monoisotopic (exact) mass is 289 g/mol. The van der Waals surface area contributed by atoms with Crippen molar-refractivity contribution in [1.82, 2.24) is 9.97 Å². The molecule has 0 aliphatic heterocycles. The van der Waals surface area contributed by atoms with Crippen molar-refractivity contribution in [2.24, 2.45) is 16.7 Å². The highest BCUT2D eigenvalue weighted by molar-refractivity contribution is 5.33. The predicted molar refractivity (Wildman–Crippen MR) is 84.5 cm³/mol. The van der Waals surface area contributed by atoms with Crippen LogP contribution in [0.4, 0.5) is 5.82 Å². The third-order valence-corrected chi connectivity index (χ3v) is 6.15. The maximum absolute atomic E-state index is 6.25. The van der Waals surface area contributed by atoms with Gasteiger partial charge >= 0.3 is 0 Å². The first-order chi connectivity index (χ1) is 9.97. The van der Waals surface area contributed by atoms with Gasteiger partial charge in [0.15, 0.2) is 0 Å². The van der Waals surface area contributed by atoms with E-state index in [1.165, 1.54) is 12.8 Å². The molecule has 2 aliphatic rings. The van der Waals surface area contributed by atoms with Crippen molar-refractivity contribution in [2.45, 2.75) is 59.5 Å². The Balaban J connectivity index is 1.73. The zero-order valence-electron chi connectivity index (χ0n) is 13.6. The van der Waals surface area contributed by atoms with E-state index >= 15 is 0 Å². The lowest BCUT2D eigenvalue weighted by Crippen LogP contribution is -2.39. The lowest BCUT2D eigenvalue weighted by atomic mass is 9.70. The summed E-state index contributed by atoms with van der Waals surface area (Å²) in [7, 11) is 0. The molecule has 1 heterocycles. The normalized spacial score (nSPS) is 33.1. The van der Waals surface area contributed by atoms with Gasteiger partial charge in [-0.2, -0.15) is 4.98 Å². The smallest absolute Gasteiger partial charge is 0.234 e. The Kier molecular flexibility index (Phi) is 3.58. The van der Waals surface area contributed by atoms with Crippen LogP contribution in [0.25, 0.3) is 0 Å². The van der Waals surface area contributed by atoms with Crippen LogP contribution >= 0.6 is 0 Å². The van der Waals surface area contributed by atoms with E-state index < -0.39 is 0 Å². The Morgan fingerprint density at radius 3 is 2.76 bits per heavy atom. The van der Waals surface area contributed by atoms with Crippen molar-refractivity contribution < 1.29 is 4.74 Å². The van der Waals surface area contributed by atoms with Crippen molar-refractivity contribution in [3.8, 4) is 5.88 Å². The van der Waals surface area contributed by atoms with Crippen LogP contribution in [0.2, 0.25) is 0 Å². The van der Waals surface area contributed by atoms with E-state index in [9.17, 15) is 0 Å². The molecule has 3 unspecified atom stereocenters. The molecular formula is C17H27N3O. The fourth-order valence-electron chi connectivity index (χ4n) is 4.20. The second-order valence-electron chi connectivity index (χ2n) is 7.39. The number of aromatic nitrogens is 2. The number of hydrogen-bond donors (Lipinski definition) is 1. The number of rotatable bonds is 5. The summed E-state index contributed by atoms with van der Waals surface area (Å²) >= 11 is 0. The molecule has 1 N–H and O–H groups in total. The summed E-state index contributed by atoms with van der Waals surface area (Å²) in [4.78, 5) is 8.79. The molecule has 0 radical (unpaired) electrons. The number of nitrogens with zero attached hydrogens (tertiary/aromatic N) is 2. The van der Waals surface area contributed by atoms with Gasteiger partial charge in [-0.3, -0.25) is 4.98 Å². The van der Waals surface area contributed by atoms with Crippen LogP contribution in [0.15, 0.2) is 12.4 Å². The minimum atomic E-state index is 0.256. The molecule has 2 fully saturated rings. The molecular weight excluding hydrogens is 262 g/mol. The van der Waals surface area contributed by atoms with Crippen LogP contribution in [0, 0.1) is 16.7 Å². The second-order valence-corrected chi connectivity index (χ2v) is 7.39. The van der Waals surface area contributed by atoms with E-state index in [1.54, 1.807) is 12.4 Å². The molecule has 3 atom stereocenters. The number of ether oxygens (including phenoxy) is 1. The summed E-state index contributed by atoms with van der Waals surface area (Å²) in [6.45, 7) is 10.2. The Bertz CT molecular complexity index is 517. The summed E-state index contributed by atoms with van der Waals surface area (Å²) in [5, 5.41) is 3.27. The lowest BCUT2D eigenvalue weighted by molar-refractivity contribution is 0.0271. The maximum atomic E-state index is 6.25. The van der Waals surface area contributed by atoms with Gasteiger partial charge < -0.3 is 10.1 Å². The van der Waals surface area contributed by atoms with E-state index in [0.29, 0.717) is 11.3 Å². The molecule has 1 aromatic heterocycles. The largest absolute Gasteiger partial charge is 0.473 e. The van der Waals surface area contributed by atoms with Crippen LogP contribution in [-0.4, -0.2) is 22.6 Å². The first-order valence-corrected chi connectivity index (χ1v) is 8.20. The summed E-state index contributed by atoms with van der Waals surface area (Å²) in [5.41, 5.74) is 0.620. The summed E-state index contributed by atoms with van der Waals surface area (Å²) in [5.74, 6) is 2.24. The predicted octanol–water partition coefficient (Wildman–Crippen LogP) is 3.89. The van der Waals surface area contributed by atoms with Crippen LogP contribution in [0.1, 0.15) is 53.4 Å². The van der Waals surface area contributed by atoms with Crippen molar-refractivity contribution in [3.63, 3.8) is 0 Å². The molecule has 1 aromatic rings. The van der Waals surface area contributed by atoms with Crippen molar-refractivity contribution in [3.05, 3.63) is 12.4 Å². The van der Waals surface area contributed by atoms with Crippen LogP contribution in [0.3, 0.4) is 0 Å². The first kappa shape index (κ1) is 14.6. The number of anilines is 1. The zero-order valence-corrected chi connectivity index (χ0v) is 13.6. The molecule has 0 aromatic carbocycles. The minimum Gasteiger partial charge on any atom is -0.473 e. The van der Waals surface area contributed by atoms with Gasteiger partial charge in [0, 0.05) is 12.0 Å². The topological polar surface area (TPSA) is 47.0 Å². The van der Waals surface area contributed by atoms with Crippen LogP contribution in [0.5, 0.6) is 5.88 Å². The molecule has 116 valence electrons. The molecule has 4 heteroatoms. The van der Waals surface area contributed by atoms with Crippen LogP contribution < -0.4 is 10.1 Å². The van der Waals surface area contributed by atoms with Gasteiger partial charge in [0.1, 0.15) is 11.9 Å². The van der Waals surface area contributed by atoms with Crippen LogP contribution in [-0.2, 0) is 0 Å². The lowest BCUT2D eigenvalue weighted by Gasteiger charge is -2.38. The van der Waals surface area contributed by atoms with E-state index in [0.717, 1.165) is 31.1 Å². The molecule has 2 bridgehead atoms. The maximum Gasteiger partial charge on any atom is 0.234 e. The molecule has 2 saturated carbocycles. The fraction of sp³-hybridized carbons (Fsp3) is 0.765. The zero-order chi connectivity index (χ0) is 15.1. The molecule has 21 heavy (non-hydrogen) atoms. The van der Waals surface area contributed by atoms with Crippen molar-refractivity contribution in [2.75, 3.05) is 11.9 Å². The third kappa shape index (κ3) is 2.29. The van der Waals surface area contributed by atoms with E-state index in [2.05, 4.69) is 43.0 Å². The van der Waals surface area contributed by atoms with E-state index in [1.807, 2.05) is 0 Å². The van der Waals surface area contributed by atoms with Gasteiger partial charge in [-0.25, -0.2) is 0 Å². The summed E-state index contributed by atoms with van der Waals surface area (Å²) < 4.78 is 6.25. The number of fused-ring (bicyclic) bond motifs is 2. The third-order valence-electron chi connectivity index (χ3n) is 6.15. The Labute approximate surface area is 127 Å². The SMILES string of the molecule is CCCNc1cncc(OC2CC3CCC2(C)C3(C)C)n1. The van der Waals surface area contributed by atoms with Gasteiger partial charge in [-0.1, -0.05) is 27.7 Å². The average molecular weight is 289 g/mol. The molecule has 2 aliphatic carbocycles. The molecule has 3 rings (SSSR count). The highest BCUT2D eigenvalue weighted by atomic mass is 16.5. The van der Waals surface area contributed by atoms with Gasteiger partial charge in [-0.15, -0.1) is 0 Å². The summed E-state index contributed by atoms with van der Waals surface area (Å²) in [6, 6.07) is 0. The van der Waals surface area contributed by atoms with Gasteiger partial charge in [0.05, 0.1) is 12.4 Å². The van der Waals surface area contributed by atoms with Crippen molar-refractivity contribution in [1.29, 1.82) is 0 Å². The minimum absolute atomic E-state index is 0.256. The molecule has 0 saturated heterocycles. The van der Waals surface area contributed by atoms with Gasteiger partial charge in [0.2, 0.25) is 5.88 Å². The Hall–Kier alpha value is -1.32. The quantitative estimate of drug-likeness (QED) is 0.893. The highest BCUT2D eigenvalue weighted by Crippen LogP contribution is 2.66. The van der Waals surface area contributed by atoms with Gasteiger partial charge in [0.25, 0.3) is 0 Å². The molecule has 0 spiro atoms. The summed E-state index contributed by atoms with van der Waals surface area (Å²) in [6.07, 6.45) is 8.58. The highest BCUT2D eigenvalue weighted by Gasteiger charge is 2.62. The van der Waals surface area contributed by atoms with E-state index in [4.69, 9.17) is 4.74 Å². The second kappa shape index (κ2) is 5.15. The number of nitrogens with one attached hydrogen (secondary N) is 1. The fourth-order valence-corrected chi connectivity index (χ4v) is 4.20. The Morgan fingerprint density at radius 1 is 1.33 bits per heavy atom. The first-order valence-electron chi connectivity index (χ1n) is 8.20.